The molecule has 0 amide bonds. The summed E-state index contributed by atoms with van der Waals surface area (Å²) in [6, 6.07) is 12.1. The SMILES string of the molecule is COc1cc(S(=O)(=O)N2CCC(c3nc4ccccc4s3)CC2)ccc1S(=O)(=O)N1C[C@H](C)C[C@H](C)C1. The molecule has 0 aliphatic carbocycles. The Morgan fingerprint density at radius 1 is 0.919 bits per heavy atom. The highest BCUT2D eigenvalue weighted by Gasteiger charge is 2.36. The van der Waals surface area contributed by atoms with E-state index in [1.54, 1.807) is 11.3 Å². The van der Waals surface area contributed by atoms with Gasteiger partial charge in [0.15, 0.2) is 0 Å². The zero-order chi connectivity index (χ0) is 26.4. The van der Waals surface area contributed by atoms with Gasteiger partial charge >= 0.3 is 0 Å². The van der Waals surface area contributed by atoms with Crippen molar-refractivity contribution in [3.63, 3.8) is 0 Å². The number of fused-ring (bicyclic) bond motifs is 1. The molecule has 0 radical (unpaired) electrons. The summed E-state index contributed by atoms with van der Waals surface area (Å²) in [5.74, 6) is 0.793. The van der Waals surface area contributed by atoms with E-state index in [4.69, 9.17) is 9.72 Å². The first kappa shape index (κ1) is 26.6. The Balaban J connectivity index is 1.34. The van der Waals surface area contributed by atoms with Gasteiger partial charge in [-0.25, -0.2) is 21.8 Å². The van der Waals surface area contributed by atoms with Gasteiger partial charge in [-0.2, -0.15) is 8.61 Å². The van der Waals surface area contributed by atoms with Gasteiger partial charge in [0.1, 0.15) is 10.6 Å². The van der Waals surface area contributed by atoms with Gasteiger partial charge in [0.2, 0.25) is 20.0 Å². The van der Waals surface area contributed by atoms with Crippen molar-refractivity contribution in [1.29, 1.82) is 0 Å². The smallest absolute Gasteiger partial charge is 0.246 e. The normalized spacial score (nSPS) is 22.9. The van der Waals surface area contributed by atoms with Crippen molar-refractivity contribution in [2.45, 2.75) is 48.8 Å². The molecule has 2 fully saturated rings. The molecule has 0 saturated carbocycles. The van der Waals surface area contributed by atoms with Gasteiger partial charge in [0.05, 0.1) is 27.2 Å². The summed E-state index contributed by atoms with van der Waals surface area (Å²) < 4.78 is 63.4. The lowest BCUT2D eigenvalue weighted by molar-refractivity contribution is 0.222. The molecule has 0 bridgehead atoms. The summed E-state index contributed by atoms with van der Waals surface area (Å²) in [4.78, 5) is 4.81. The molecule has 37 heavy (non-hydrogen) atoms. The van der Waals surface area contributed by atoms with Crippen LogP contribution in [0.3, 0.4) is 0 Å². The van der Waals surface area contributed by atoms with Crippen LogP contribution in [0.15, 0.2) is 52.3 Å². The average molecular weight is 564 g/mol. The van der Waals surface area contributed by atoms with Crippen LogP contribution in [0.1, 0.15) is 44.0 Å². The summed E-state index contributed by atoms with van der Waals surface area (Å²) in [5, 5.41) is 1.05. The zero-order valence-corrected chi connectivity index (χ0v) is 23.8. The Morgan fingerprint density at radius 3 is 2.24 bits per heavy atom. The summed E-state index contributed by atoms with van der Waals surface area (Å²) in [6.07, 6.45) is 2.36. The van der Waals surface area contributed by atoms with Gasteiger partial charge in [-0.3, -0.25) is 0 Å². The van der Waals surface area contributed by atoms with Gasteiger partial charge in [-0.05, 0) is 55.4 Å². The summed E-state index contributed by atoms with van der Waals surface area (Å²) >= 11 is 1.67. The van der Waals surface area contributed by atoms with Crippen molar-refractivity contribution in [3.8, 4) is 5.75 Å². The van der Waals surface area contributed by atoms with E-state index < -0.39 is 20.0 Å². The molecule has 5 rings (SSSR count). The molecule has 0 spiro atoms. The highest BCUT2D eigenvalue weighted by molar-refractivity contribution is 7.89. The van der Waals surface area contributed by atoms with Gasteiger partial charge in [-0.15, -0.1) is 11.3 Å². The zero-order valence-electron chi connectivity index (χ0n) is 21.3. The number of methoxy groups -OCH3 is 1. The number of hydrogen-bond donors (Lipinski definition) is 0. The molecule has 0 unspecified atom stereocenters. The number of sulfonamides is 2. The Morgan fingerprint density at radius 2 is 1.59 bits per heavy atom. The van der Waals surface area contributed by atoms with Crippen LogP contribution in [0, 0.1) is 11.8 Å². The molecule has 2 aliphatic rings. The molecule has 2 saturated heterocycles. The Bertz CT molecular complexity index is 1450. The number of hydrogen-bond acceptors (Lipinski definition) is 7. The number of nitrogens with zero attached hydrogens (tertiary/aromatic N) is 3. The van der Waals surface area contributed by atoms with Crippen molar-refractivity contribution in [3.05, 3.63) is 47.5 Å². The van der Waals surface area contributed by atoms with Crippen LogP contribution in [0.5, 0.6) is 5.75 Å². The topological polar surface area (TPSA) is 96.9 Å². The Hall–Kier alpha value is -2.05. The minimum atomic E-state index is -3.81. The molecule has 8 nitrogen and oxygen atoms in total. The lowest BCUT2D eigenvalue weighted by Crippen LogP contribution is -2.42. The number of ether oxygens (including phenoxy) is 1. The first-order valence-corrected chi connectivity index (χ1v) is 16.3. The molecule has 2 aliphatic heterocycles. The minimum absolute atomic E-state index is 0.00444. The van der Waals surface area contributed by atoms with Gasteiger partial charge < -0.3 is 4.74 Å². The van der Waals surface area contributed by atoms with Crippen LogP contribution in [-0.4, -0.2) is 63.7 Å². The molecular formula is C26H33N3O5S3. The molecule has 2 aromatic carbocycles. The maximum absolute atomic E-state index is 13.5. The van der Waals surface area contributed by atoms with E-state index in [-0.39, 0.29) is 33.3 Å². The third kappa shape index (κ3) is 5.16. The fourth-order valence-electron chi connectivity index (χ4n) is 5.52. The van der Waals surface area contributed by atoms with Gasteiger partial charge in [-0.1, -0.05) is 26.0 Å². The van der Waals surface area contributed by atoms with Crippen LogP contribution in [0.25, 0.3) is 10.2 Å². The van der Waals surface area contributed by atoms with E-state index in [9.17, 15) is 16.8 Å². The third-order valence-corrected chi connectivity index (χ3v) is 12.3. The van der Waals surface area contributed by atoms with Crippen LogP contribution >= 0.6 is 11.3 Å². The summed E-state index contributed by atoms with van der Waals surface area (Å²) in [7, 11) is -6.24. The van der Waals surface area contributed by atoms with Crippen LogP contribution in [0.2, 0.25) is 0 Å². The maximum atomic E-state index is 13.5. The largest absolute Gasteiger partial charge is 0.495 e. The van der Waals surface area contributed by atoms with E-state index in [0.29, 0.717) is 39.0 Å². The Kier molecular flexibility index (Phi) is 7.36. The average Bonchev–Trinajstić information content (AvgIpc) is 3.32. The predicted octanol–water partition coefficient (Wildman–Crippen LogP) is 4.54. The monoisotopic (exact) mass is 563 g/mol. The first-order chi connectivity index (χ1) is 17.6. The highest BCUT2D eigenvalue weighted by Crippen LogP contribution is 2.37. The molecule has 200 valence electrons. The lowest BCUT2D eigenvalue weighted by atomic mass is 9.94. The Labute approximate surface area is 223 Å². The van der Waals surface area contributed by atoms with E-state index >= 15 is 0 Å². The fourth-order valence-corrected chi connectivity index (χ4v) is 9.96. The highest BCUT2D eigenvalue weighted by atomic mass is 32.2. The molecule has 2 atom stereocenters. The molecule has 3 heterocycles. The van der Waals surface area contributed by atoms with E-state index in [1.165, 1.54) is 33.9 Å². The second kappa shape index (κ2) is 10.3. The molecule has 1 aromatic heterocycles. The number of thiazole rings is 1. The number of benzene rings is 2. The van der Waals surface area contributed by atoms with Crippen LogP contribution < -0.4 is 4.74 Å². The van der Waals surface area contributed by atoms with Crippen molar-refractivity contribution in [1.82, 2.24) is 13.6 Å². The molecule has 11 heteroatoms. The van der Waals surface area contributed by atoms with E-state index in [1.807, 2.05) is 32.0 Å². The number of piperidine rings is 2. The van der Waals surface area contributed by atoms with Crippen LogP contribution in [-0.2, 0) is 20.0 Å². The predicted molar refractivity (Wildman–Crippen MR) is 145 cm³/mol. The number of aromatic nitrogens is 1. The van der Waals surface area contributed by atoms with E-state index in [0.717, 1.165) is 21.6 Å². The number of para-hydroxylation sites is 1. The van der Waals surface area contributed by atoms with Crippen molar-refractivity contribution >= 4 is 41.6 Å². The van der Waals surface area contributed by atoms with Gasteiger partial charge in [0.25, 0.3) is 0 Å². The van der Waals surface area contributed by atoms with Crippen molar-refractivity contribution in [2.75, 3.05) is 33.3 Å². The second-order valence-corrected chi connectivity index (χ2v) is 15.2. The fraction of sp³-hybridized carbons (Fsp3) is 0.500. The van der Waals surface area contributed by atoms with Crippen LogP contribution in [0.4, 0.5) is 0 Å². The third-order valence-electron chi connectivity index (χ3n) is 7.34. The molecule has 0 N–H and O–H groups in total. The minimum Gasteiger partial charge on any atom is -0.495 e. The lowest BCUT2D eigenvalue weighted by Gasteiger charge is -2.34. The summed E-state index contributed by atoms with van der Waals surface area (Å²) in [5.41, 5.74) is 0.980. The molecule has 3 aromatic rings. The number of rotatable bonds is 6. The summed E-state index contributed by atoms with van der Waals surface area (Å²) in [6.45, 7) is 5.75. The van der Waals surface area contributed by atoms with Crippen molar-refractivity contribution < 1.29 is 21.6 Å². The van der Waals surface area contributed by atoms with Crippen molar-refractivity contribution in [2.24, 2.45) is 11.8 Å². The molecular weight excluding hydrogens is 531 g/mol. The van der Waals surface area contributed by atoms with Gasteiger partial charge in [0, 0.05) is 38.2 Å². The van der Waals surface area contributed by atoms with E-state index in [2.05, 4.69) is 6.07 Å². The maximum Gasteiger partial charge on any atom is 0.246 e. The standard InChI is InChI=1S/C26H33N3O5S3/c1-18-14-19(2)17-29(16-18)37(32,33)25-9-8-21(15-23(25)34-3)36(30,31)28-12-10-20(11-13-28)26-27-22-6-4-5-7-24(22)35-26/h4-9,15,18-20H,10-14,16-17H2,1-3H3/t18-,19+. The quantitative estimate of drug-likeness (QED) is 0.437. The first-order valence-electron chi connectivity index (χ1n) is 12.6. The second-order valence-electron chi connectivity index (χ2n) is 10.3.